The Hall–Kier alpha value is -3.45. The van der Waals surface area contributed by atoms with Gasteiger partial charge in [-0.15, -0.1) is 0 Å². The van der Waals surface area contributed by atoms with Crippen LogP contribution in [0.3, 0.4) is 0 Å². The Balaban J connectivity index is 1.77. The second-order valence-corrected chi connectivity index (χ2v) is 8.51. The van der Waals surface area contributed by atoms with E-state index in [2.05, 4.69) is 29.2 Å². The molecular formula is C26H29FN4O2. The van der Waals surface area contributed by atoms with Gasteiger partial charge in [0.2, 0.25) is 0 Å². The number of anilines is 1. The zero-order valence-electron chi connectivity index (χ0n) is 19.2. The van der Waals surface area contributed by atoms with Gasteiger partial charge < -0.3 is 20.3 Å². The van der Waals surface area contributed by atoms with E-state index in [1.165, 1.54) is 18.6 Å². The molecule has 2 heterocycles. The molecule has 4 aromatic rings. The lowest BCUT2D eigenvalue weighted by Crippen LogP contribution is -2.20. The molecule has 0 aliphatic carbocycles. The van der Waals surface area contributed by atoms with Gasteiger partial charge in [0.1, 0.15) is 11.5 Å². The number of carboxylic acids is 1. The molecule has 172 valence electrons. The molecule has 6 nitrogen and oxygen atoms in total. The zero-order chi connectivity index (χ0) is 23.5. The summed E-state index contributed by atoms with van der Waals surface area (Å²) in [6.45, 7) is 3.76. The van der Waals surface area contributed by atoms with E-state index in [0.717, 1.165) is 47.0 Å². The predicted molar refractivity (Wildman–Crippen MR) is 131 cm³/mol. The van der Waals surface area contributed by atoms with Crippen LogP contribution in [0.25, 0.3) is 33.2 Å². The average Bonchev–Trinajstić information content (AvgIpc) is 3.19. The number of benzene rings is 2. The van der Waals surface area contributed by atoms with Gasteiger partial charge in [-0.25, -0.2) is 14.2 Å². The van der Waals surface area contributed by atoms with Gasteiger partial charge in [-0.1, -0.05) is 25.8 Å². The molecule has 4 rings (SSSR count). The Bertz CT molecular complexity index is 1310. The van der Waals surface area contributed by atoms with Crippen molar-refractivity contribution in [2.24, 2.45) is 0 Å². The van der Waals surface area contributed by atoms with Gasteiger partial charge in [-0.2, -0.15) is 0 Å². The number of hydrogen-bond acceptors (Lipinski definition) is 4. The highest BCUT2D eigenvalue weighted by molar-refractivity contribution is 5.99. The Morgan fingerprint density at radius 2 is 1.97 bits per heavy atom. The molecule has 3 N–H and O–H groups in total. The number of H-pyrrole nitrogens is 1. The molecule has 7 heteroatoms. The number of aromatic carboxylic acids is 1. The summed E-state index contributed by atoms with van der Waals surface area (Å²) in [6, 6.07) is 12.0. The van der Waals surface area contributed by atoms with Crippen molar-refractivity contribution in [2.45, 2.75) is 32.7 Å². The molecular weight excluding hydrogens is 419 g/mol. The largest absolute Gasteiger partial charge is 0.478 e. The third kappa shape index (κ3) is 4.83. The van der Waals surface area contributed by atoms with Crippen molar-refractivity contribution in [3.8, 4) is 11.3 Å². The maximum atomic E-state index is 14.0. The van der Waals surface area contributed by atoms with Gasteiger partial charge in [0.15, 0.2) is 0 Å². The molecule has 0 aliphatic heterocycles. The van der Waals surface area contributed by atoms with Crippen molar-refractivity contribution < 1.29 is 14.3 Å². The van der Waals surface area contributed by atoms with Crippen molar-refractivity contribution in [3.63, 3.8) is 0 Å². The standard InChI is InChI=1S/C26H29FN4O2/c1-4-5-6-9-31(3)15-19-10-16(26(32)33)7-8-21(19)22-13-18-11-17-12-20(27)14-23(28-2)24(17)30-25(18)29-22/h7-8,10-14,28H,4-6,9,15H2,1-3H3,(H,29,30)(H,32,33). The van der Waals surface area contributed by atoms with E-state index in [4.69, 9.17) is 4.98 Å². The summed E-state index contributed by atoms with van der Waals surface area (Å²) < 4.78 is 14.0. The summed E-state index contributed by atoms with van der Waals surface area (Å²) in [5.41, 5.74) is 5.01. The van der Waals surface area contributed by atoms with Gasteiger partial charge in [0.05, 0.1) is 16.8 Å². The minimum atomic E-state index is -0.942. The number of unbranched alkanes of at least 4 members (excludes halogenated alkanes) is 2. The fourth-order valence-corrected chi connectivity index (χ4v) is 4.25. The van der Waals surface area contributed by atoms with Crippen LogP contribution in [0.4, 0.5) is 10.1 Å². The number of carbonyl (C=O) groups is 1. The van der Waals surface area contributed by atoms with Crippen molar-refractivity contribution >= 4 is 33.6 Å². The summed E-state index contributed by atoms with van der Waals surface area (Å²) in [4.78, 5) is 21.9. The van der Waals surface area contributed by atoms with Gasteiger partial charge in [0, 0.05) is 35.6 Å². The molecule has 2 aromatic carbocycles. The predicted octanol–water partition coefficient (Wildman–Crippen LogP) is 5.88. The lowest BCUT2D eigenvalue weighted by molar-refractivity contribution is 0.0696. The molecule has 0 unspecified atom stereocenters. The highest BCUT2D eigenvalue weighted by atomic mass is 19.1. The SMILES string of the molecule is CCCCCN(C)Cc1cc(C(=O)O)ccc1-c1cc2cc3cc(F)cc(NC)c3nc2[nH]1. The number of hydrogen-bond donors (Lipinski definition) is 3. The third-order valence-electron chi connectivity index (χ3n) is 5.96. The summed E-state index contributed by atoms with van der Waals surface area (Å²) in [7, 11) is 3.80. The first kappa shape index (κ1) is 22.7. The van der Waals surface area contributed by atoms with Crippen molar-refractivity contribution in [1.82, 2.24) is 14.9 Å². The molecule has 0 saturated heterocycles. The van der Waals surface area contributed by atoms with Crippen LogP contribution in [0.5, 0.6) is 0 Å². The second-order valence-electron chi connectivity index (χ2n) is 8.51. The number of aromatic nitrogens is 2. The van der Waals surface area contributed by atoms with E-state index in [1.807, 2.05) is 18.2 Å². The summed E-state index contributed by atoms with van der Waals surface area (Å²) >= 11 is 0. The van der Waals surface area contributed by atoms with Crippen LogP contribution in [0.15, 0.2) is 42.5 Å². The molecule has 0 saturated carbocycles. The number of rotatable bonds is 9. The first-order chi connectivity index (χ1) is 15.9. The lowest BCUT2D eigenvalue weighted by Gasteiger charge is -2.19. The molecule has 2 aromatic heterocycles. The lowest BCUT2D eigenvalue weighted by atomic mass is 10.0. The van der Waals surface area contributed by atoms with E-state index >= 15 is 0 Å². The highest BCUT2D eigenvalue weighted by Crippen LogP contribution is 2.31. The number of carboxylic acid groups (broad SMARTS) is 1. The summed E-state index contributed by atoms with van der Waals surface area (Å²) in [5.74, 6) is -1.26. The van der Waals surface area contributed by atoms with Crippen LogP contribution in [0.2, 0.25) is 0 Å². The van der Waals surface area contributed by atoms with Crippen LogP contribution in [-0.2, 0) is 6.54 Å². The number of aromatic amines is 1. The average molecular weight is 449 g/mol. The minimum Gasteiger partial charge on any atom is -0.478 e. The maximum absolute atomic E-state index is 14.0. The Morgan fingerprint density at radius 1 is 1.15 bits per heavy atom. The number of fused-ring (bicyclic) bond motifs is 2. The first-order valence-corrected chi connectivity index (χ1v) is 11.3. The Morgan fingerprint density at radius 3 is 2.70 bits per heavy atom. The van der Waals surface area contributed by atoms with Gasteiger partial charge in [-0.3, -0.25) is 0 Å². The minimum absolute atomic E-state index is 0.268. The molecule has 0 fully saturated rings. The zero-order valence-corrected chi connectivity index (χ0v) is 19.2. The molecule has 0 bridgehead atoms. The number of halogens is 1. The molecule has 0 atom stereocenters. The Labute approximate surface area is 192 Å². The number of nitrogens with zero attached hydrogens (tertiary/aromatic N) is 2. The monoisotopic (exact) mass is 448 g/mol. The van der Waals surface area contributed by atoms with Crippen molar-refractivity contribution in [2.75, 3.05) is 26.0 Å². The second kappa shape index (κ2) is 9.58. The summed E-state index contributed by atoms with van der Waals surface area (Å²) in [5, 5.41) is 14.1. The fourth-order valence-electron chi connectivity index (χ4n) is 4.25. The van der Waals surface area contributed by atoms with Crippen LogP contribution in [-0.4, -0.2) is 46.6 Å². The van der Waals surface area contributed by atoms with Crippen LogP contribution in [0, 0.1) is 5.82 Å². The quantitative estimate of drug-likeness (QED) is 0.278. The van der Waals surface area contributed by atoms with Crippen molar-refractivity contribution in [3.05, 3.63) is 59.4 Å². The normalized spacial score (nSPS) is 11.5. The highest BCUT2D eigenvalue weighted by Gasteiger charge is 2.15. The van der Waals surface area contributed by atoms with E-state index in [9.17, 15) is 14.3 Å². The van der Waals surface area contributed by atoms with Gasteiger partial charge in [0.25, 0.3) is 0 Å². The van der Waals surface area contributed by atoms with E-state index in [-0.39, 0.29) is 11.4 Å². The molecule has 0 radical (unpaired) electrons. The number of pyridine rings is 1. The van der Waals surface area contributed by atoms with E-state index in [1.54, 1.807) is 19.2 Å². The van der Waals surface area contributed by atoms with E-state index < -0.39 is 5.97 Å². The van der Waals surface area contributed by atoms with Crippen LogP contribution in [0.1, 0.15) is 42.1 Å². The first-order valence-electron chi connectivity index (χ1n) is 11.3. The Kier molecular flexibility index (Phi) is 6.60. The van der Waals surface area contributed by atoms with Crippen LogP contribution >= 0.6 is 0 Å². The number of nitrogens with one attached hydrogen (secondary N) is 2. The molecule has 0 amide bonds. The van der Waals surface area contributed by atoms with E-state index in [0.29, 0.717) is 23.4 Å². The molecule has 0 spiro atoms. The third-order valence-corrected chi connectivity index (χ3v) is 5.96. The molecule has 0 aliphatic rings. The summed E-state index contributed by atoms with van der Waals surface area (Å²) in [6.07, 6.45) is 3.43. The van der Waals surface area contributed by atoms with Crippen molar-refractivity contribution in [1.29, 1.82) is 0 Å². The smallest absolute Gasteiger partial charge is 0.335 e. The fraction of sp³-hybridized carbons (Fsp3) is 0.308. The van der Waals surface area contributed by atoms with Gasteiger partial charge in [-0.05, 0) is 62.0 Å². The topological polar surface area (TPSA) is 81.2 Å². The van der Waals surface area contributed by atoms with Crippen LogP contribution < -0.4 is 5.32 Å². The molecule has 33 heavy (non-hydrogen) atoms. The maximum Gasteiger partial charge on any atom is 0.335 e. The van der Waals surface area contributed by atoms with Gasteiger partial charge >= 0.3 is 5.97 Å².